The van der Waals surface area contributed by atoms with E-state index in [1.54, 1.807) is 16.2 Å². The molecule has 0 spiro atoms. The SMILES string of the molecule is CC(C)NCC(=O)N(C)C(C)c1cccs1. The molecule has 0 aliphatic carbocycles. The lowest BCUT2D eigenvalue weighted by Crippen LogP contribution is -2.39. The van der Waals surface area contributed by atoms with Crippen LogP contribution in [0, 0.1) is 0 Å². The molecule has 1 heterocycles. The summed E-state index contributed by atoms with van der Waals surface area (Å²) in [5.74, 6) is 0.134. The fraction of sp³-hybridized carbons (Fsp3) is 0.583. The van der Waals surface area contributed by atoms with Crippen LogP contribution in [0.25, 0.3) is 0 Å². The lowest BCUT2D eigenvalue weighted by atomic mass is 10.2. The molecular weight excluding hydrogens is 220 g/mol. The zero-order valence-electron chi connectivity index (χ0n) is 10.4. The number of amides is 1. The van der Waals surface area contributed by atoms with Crippen molar-refractivity contribution in [3.63, 3.8) is 0 Å². The van der Waals surface area contributed by atoms with Gasteiger partial charge in [-0.3, -0.25) is 4.79 Å². The quantitative estimate of drug-likeness (QED) is 0.856. The Kier molecular flexibility index (Phi) is 4.96. The van der Waals surface area contributed by atoms with E-state index in [1.807, 2.05) is 32.3 Å². The van der Waals surface area contributed by atoms with Crippen molar-refractivity contribution in [3.05, 3.63) is 22.4 Å². The average molecular weight is 240 g/mol. The Hall–Kier alpha value is -0.870. The van der Waals surface area contributed by atoms with Crippen molar-refractivity contribution in [2.24, 2.45) is 0 Å². The molecule has 1 aromatic rings. The molecular formula is C12H20N2OS. The van der Waals surface area contributed by atoms with Gasteiger partial charge in [0.2, 0.25) is 5.91 Å². The number of carbonyl (C=O) groups is 1. The van der Waals surface area contributed by atoms with Gasteiger partial charge >= 0.3 is 0 Å². The zero-order valence-corrected chi connectivity index (χ0v) is 11.2. The molecule has 1 rings (SSSR count). The minimum absolute atomic E-state index is 0.134. The molecule has 0 aromatic carbocycles. The molecule has 0 fully saturated rings. The van der Waals surface area contributed by atoms with Crippen molar-refractivity contribution < 1.29 is 4.79 Å². The molecule has 1 unspecified atom stereocenters. The molecule has 0 aliphatic heterocycles. The van der Waals surface area contributed by atoms with E-state index in [0.717, 1.165) is 0 Å². The first kappa shape index (κ1) is 13.2. The van der Waals surface area contributed by atoms with Gasteiger partial charge in [0.1, 0.15) is 0 Å². The number of hydrogen-bond donors (Lipinski definition) is 1. The second-order valence-electron chi connectivity index (χ2n) is 4.23. The number of hydrogen-bond acceptors (Lipinski definition) is 3. The fourth-order valence-corrected chi connectivity index (χ4v) is 2.18. The number of carbonyl (C=O) groups excluding carboxylic acids is 1. The van der Waals surface area contributed by atoms with Crippen LogP contribution in [0.3, 0.4) is 0 Å². The maximum absolute atomic E-state index is 11.9. The molecule has 0 radical (unpaired) electrons. The number of thiophene rings is 1. The van der Waals surface area contributed by atoms with E-state index < -0.39 is 0 Å². The van der Waals surface area contributed by atoms with Gasteiger partial charge < -0.3 is 10.2 Å². The Bertz CT molecular complexity index is 322. The normalized spacial score (nSPS) is 12.8. The Morgan fingerprint density at radius 1 is 1.50 bits per heavy atom. The van der Waals surface area contributed by atoms with Crippen LogP contribution >= 0.6 is 11.3 Å². The molecule has 16 heavy (non-hydrogen) atoms. The van der Waals surface area contributed by atoms with E-state index in [-0.39, 0.29) is 11.9 Å². The van der Waals surface area contributed by atoms with Gasteiger partial charge in [0.15, 0.2) is 0 Å². The predicted molar refractivity (Wildman–Crippen MR) is 68.6 cm³/mol. The Morgan fingerprint density at radius 2 is 2.19 bits per heavy atom. The maximum atomic E-state index is 11.9. The first-order valence-electron chi connectivity index (χ1n) is 5.54. The predicted octanol–water partition coefficient (Wildman–Crippen LogP) is 2.27. The first-order valence-corrected chi connectivity index (χ1v) is 6.42. The molecule has 0 bridgehead atoms. The molecule has 0 saturated carbocycles. The second kappa shape index (κ2) is 6.01. The molecule has 0 saturated heterocycles. The standard InChI is InChI=1S/C12H20N2OS/c1-9(2)13-8-12(15)14(4)10(3)11-6-5-7-16-11/h5-7,9-10,13H,8H2,1-4H3. The Balaban J connectivity index is 2.50. The minimum atomic E-state index is 0.134. The highest BCUT2D eigenvalue weighted by molar-refractivity contribution is 7.10. The molecule has 90 valence electrons. The van der Waals surface area contributed by atoms with Gasteiger partial charge in [0.25, 0.3) is 0 Å². The van der Waals surface area contributed by atoms with Crippen LogP contribution in [0.1, 0.15) is 31.7 Å². The van der Waals surface area contributed by atoms with Crippen molar-refractivity contribution >= 4 is 17.2 Å². The molecule has 1 aromatic heterocycles. The molecule has 4 heteroatoms. The van der Waals surface area contributed by atoms with Gasteiger partial charge in [-0.1, -0.05) is 19.9 Å². The van der Waals surface area contributed by atoms with Gasteiger partial charge in [-0.05, 0) is 18.4 Å². The van der Waals surface area contributed by atoms with Crippen molar-refractivity contribution in [2.45, 2.75) is 32.9 Å². The van der Waals surface area contributed by atoms with Crippen LogP contribution in [0.2, 0.25) is 0 Å². The smallest absolute Gasteiger partial charge is 0.236 e. The summed E-state index contributed by atoms with van der Waals surface area (Å²) >= 11 is 1.69. The molecule has 1 atom stereocenters. The monoisotopic (exact) mass is 240 g/mol. The van der Waals surface area contributed by atoms with Crippen LogP contribution in [0.15, 0.2) is 17.5 Å². The number of nitrogens with one attached hydrogen (secondary N) is 1. The number of rotatable bonds is 5. The van der Waals surface area contributed by atoms with Gasteiger partial charge in [-0.2, -0.15) is 0 Å². The van der Waals surface area contributed by atoms with Crippen LogP contribution in [-0.4, -0.2) is 30.4 Å². The lowest BCUT2D eigenvalue weighted by molar-refractivity contribution is -0.130. The largest absolute Gasteiger partial charge is 0.337 e. The van der Waals surface area contributed by atoms with Crippen molar-refractivity contribution in [3.8, 4) is 0 Å². The van der Waals surface area contributed by atoms with E-state index in [4.69, 9.17) is 0 Å². The van der Waals surface area contributed by atoms with Crippen molar-refractivity contribution in [1.29, 1.82) is 0 Å². The first-order chi connectivity index (χ1) is 7.52. The van der Waals surface area contributed by atoms with Gasteiger partial charge in [-0.25, -0.2) is 0 Å². The van der Waals surface area contributed by atoms with E-state index >= 15 is 0 Å². The third-order valence-electron chi connectivity index (χ3n) is 2.59. The highest BCUT2D eigenvalue weighted by Gasteiger charge is 2.17. The molecule has 1 amide bonds. The zero-order chi connectivity index (χ0) is 12.1. The minimum Gasteiger partial charge on any atom is -0.337 e. The Morgan fingerprint density at radius 3 is 2.69 bits per heavy atom. The Labute approximate surface area is 101 Å². The summed E-state index contributed by atoms with van der Waals surface area (Å²) in [4.78, 5) is 14.9. The topological polar surface area (TPSA) is 32.3 Å². The van der Waals surface area contributed by atoms with Crippen LogP contribution in [-0.2, 0) is 4.79 Å². The summed E-state index contributed by atoms with van der Waals surface area (Å²) in [7, 11) is 1.86. The highest BCUT2D eigenvalue weighted by Crippen LogP contribution is 2.23. The van der Waals surface area contributed by atoms with Crippen molar-refractivity contribution in [2.75, 3.05) is 13.6 Å². The van der Waals surface area contributed by atoms with E-state index in [2.05, 4.69) is 18.3 Å². The fourth-order valence-electron chi connectivity index (χ4n) is 1.35. The van der Waals surface area contributed by atoms with Gasteiger partial charge in [0.05, 0.1) is 12.6 Å². The van der Waals surface area contributed by atoms with E-state index in [0.29, 0.717) is 12.6 Å². The molecule has 3 nitrogen and oxygen atoms in total. The number of likely N-dealkylation sites (N-methyl/N-ethyl adjacent to an activating group) is 1. The summed E-state index contributed by atoms with van der Waals surface area (Å²) in [5.41, 5.74) is 0. The highest BCUT2D eigenvalue weighted by atomic mass is 32.1. The van der Waals surface area contributed by atoms with Crippen molar-refractivity contribution in [1.82, 2.24) is 10.2 Å². The van der Waals surface area contributed by atoms with Gasteiger partial charge in [0, 0.05) is 18.0 Å². The van der Waals surface area contributed by atoms with E-state index in [1.165, 1.54) is 4.88 Å². The molecule has 0 aliphatic rings. The molecule has 1 N–H and O–H groups in total. The average Bonchev–Trinajstić information content (AvgIpc) is 2.77. The van der Waals surface area contributed by atoms with Crippen LogP contribution in [0.4, 0.5) is 0 Å². The summed E-state index contributed by atoms with van der Waals surface area (Å²) < 4.78 is 0. The third-order valence-corrected chi connectivity index (χ3v) is 3.63. The summed E-state index contributed by atoms with van der Waals surface area (Å²) in [6.45, 7) is 6.54. The number of nitrogens with zero attached hydrogens (tertiary/aromatic N) is 1. The second-order valence-corrected chi connectivity index (χ2v) is 5.21. The summed E-state index contributed by atoms with van der Waals surface area (Å²) in [6.07, 6.45) is 0. The lowest BCUT2D eigenvalue weighted by Gasteiger charge is -2.24. The maximum Gasteiger partial charge on any atom is 0.236 e. The summed E-state index contributed by atoms with van der Waals surface area (Å²) in [6, 6.07) is 4.58. The van der Waals surface area contributed by atoms with Crippen LogP contribution in [0.5, 0.6) is 0 Å². The van der Waals surface area contributed by atoms with Gasteiger partial charge in [-0.15, -0.1) is 11.3 Å². The third kappa shape index (κ3) is 3.61. The van der Waals surface area contributed by atoms with E-state index in [9.17, 15) is 4.79 Å². The summed E-state index contributed by atoms with van der Waals surface area (Å²) in [5, 5.41) is 5.18. The van der Waals surface area contributed by atoms with Crippen LogP contribution < -0.4 is 5.32 Å².